The van der Waals surface area contributed by atoms with Crippen LogP contribution in [0.1, 0.15) is 0 Å². The highest BCUT2D eigenvalue weighted by atomic mass is 16.5. The van der Waals surface area contributed by atoms with Crippen molar-refractivity contribution in [1.82, 2.24) is 9.71 Å². The van der Waals surface area contributed by atoms with Gasteiger partial charge in [0, 0.05) is 11.8 Å². The molecule has 0 spiro atoms. The first-order valence-electron chi connectivity index (χ1n) is 7.67. The molecule has 0 aliphatic carbocycles. The summed E-state index contributed by atoms with van der Waals surface area (Å²) < 4.78 is 10.9. The number of H-pyrrole nitrogens is 1. The monoisotopic (exact) mass is 355 g/mol. The number of nitrogens with zero attached hydrogens (tertiary/aromatic N) is 1. The second-order valence-electron chi connectivity index (χ2n) is 5.38. The zero-order valence-electron chi connectivity index (χ0n) is 14.1. The van der Waals surface area contributed by atoms with Gasteiger partial charge in [-0.1, -0.05) is 22.9 Å². The molecule has 134 valence electrons. The molecule has 0 saturated carbocycles. The van der Waals surface area contributed by atoms with E-state index in [2.05, 4.69) is 10.3 Å². The van der Waals surface area contributed by atoms with Gasteiger partial charge in [-0.15, -0.1) is 0 Å². The SMILES string of the molecule is COc1cccc(OC)c1-c1cccc(Nc2cc(=O)n(O)c(=O)[nH]2)c1. The molecule has 0 atom stereocenters. The third kappa shape index (κ3) is 3.25. The molecular weight excluding hydrogens is 338 g/mol. The number of anilines is 2. The Hall–Kier alpha value is -3.68. The second kappa shape index (κ2) is 7.06. The van der Waals surface area contributed by atoms with Gasteiger partial charge in [0.15, 0.2) is 0 Å². The van der Waals surface area contributed by atoms with Crippen molar-refractivity contribution in [1.29, 1.82) is 0 Å². The molecule has 3 N–H and O–H groups in total. The maximum Gasteiger partial charge on any atom is 0.363 e. The molecule has 0 radical (unpaired) electrons. The van der Waals surface area contributed by atoms with E-state index in [-0.39, 0.29) is 10.5 Å². The smallest absolute Gasteiger partial charge is 0.363 e. The molecule has 2 aromatic carbocycles. The Morgan fingerprint density at radius 3 is 2.27 bits per heavy atom. The molecule has 0 bridgehead atoms. The van der Waals surface area contributed by atoms with Crippen LogP contribution >= 0.6 is 0 Å². The summed E-state index contributed by atoms with van der Waals surface area (Å²) >= 11 is 0. The lowest BCUT2D eigenvalue weighted by molar-refractivity contribution is 0.160. The fourth-order valence-electron chi connectivity index (χ4n) is 2.60. The zero-order valence-corrected chi connectivity index (χ0v) is 14.1. The van der Waals surface area contributed by atoms with E-state index in [4.69, 9.17) is 9.47 Å². The lowest BCUT2D eigenvalue weighted by atomic mass is 10.0. The summed E-state index contributed by atoms with van der Waals surface area (Å²) in [6.45, 7) is 0. The standard InChI is InChI=1S/C18H17N3O5/c1-25-13-7-4-8-14(26-2)17(13)11-5-3-6-12(9-11)19-15-10-16(22)21(24)18(23)20-15/h3-10,19,24H,1-2H3,(H,20,23). The largest absolute Gasteiger partial charge is 0.496 e. The number of aromatic amines is 1. The highest BCUT2D eigenvalue weighted by molar-refractivity contribution is 5.79. The van der Waals surface area contributed by atoms with E-state index in [0.717, 1.165) is 17.2 Å². The minimum absolute atomic E-state index is 0.00129. The van der Waals surface area contributed by atoms with Crippen molar-refractivity contribution in [2.24, 2.45) is 0 Å². The number of hydrogen-bond donors (Lipinski definition) is 3. The molecule has 0 saturated heterocycles. The number of aromatic nitrogens is 2. The van der Waals surface area contributed by atoms with Crippen molar-refractivity contribution in [3.63, 3.8) is 0 Å². The van der Waals surface area contributed by atoms with E-state index in [1.807, 2.05) is 36.4 Å². The van der Waals surface area contributed by atoms with Gasteiger partial charge in [0.05, 0.1) is 19.8 Å². The fraction of sp³-hybridized carbons (Fsp3) is 0.111. The third-order valence-electron chi connectivity index (χ3n) is 3.77. The van der Waals surface area contributed by atoms with Crippen molar-refractivity contribution >= 4 is 11.5 Å². The minimum Gasteiger partial charge on any atom is -0.496 e. The molecule has 0 amide bonds. The molecule has 3 aromatic rings. The first-order valence-corrected chi connectivity index (χ1v) is 7.67. The summed E-state index contributed by atoms with van der Waals surface area (Å²) in [5, 5.41) is 12.1. The molecule has 0 aliphatic rings. The molecule has 0 unspecified atom stereocenters. The quantitative estimate of drug-likeness (QED) is 0.606. The summed E-state index contributed by atoms with van der Waals surface area (Å²) in [5.74, 6) is 1.46. The topological polar surface area (TPSA) is 106 Å². The lowest BCUT2D eigenvalue weighted by Gasteiger charge is -2.14. The average Bonchev–Trinajstić information content (AvgIpc) is 2.65. The molecule has 0 fully saturated rings. The third-order valence-corrected chi connectivity index (χ3v) is 3.77. The van der Waals surface area contributed by atoms with Crippen molar-refractivity contribution < 1.29 is 14.7 Å². The van der Waals surface area contributed by atoms with Crippen molar-refractivity contribution in [2.45, 2.75) is 0 Å². The van der Waals surface area contributed by atoms with Crippen molar-refractivity contribution in [2.75, 3.05) is 19.5 Å². The van der Waals surface area contributed by atoms with Gasteiger partial charge in [0.1, 0.15) is 17.3 Å². The van der Waals surface area contributed by atoms with Gasteiger partial charge in [-0.2, -0.15) is 0 Å². The molecule has 0 aliphatic heterocycles. The van der Waals surface area contributed by atoms with Crippen LogP contribution in [-0.2, 0) is 0 Å². The van der Waals surface area contributed by atoms with Gasteiger partial charge in [0.25, 0.3) is 5.56 Å². The number of hydrogen-bond acceptors (Lipinski definition) is 6. The Balaban J connectivity index is 2.03. The normalized spacial score (nSPS) is 10.4. The predicted molar refractivity (Wildman–Crippen MR) is 96.8 cm³/mol. The highest BCUT2D eigenvalue weighted by Gasteiger charge is 2.13. The van der Waals surface area contributed by atoms with Crippen LogP contribution in [0, 0.1) is 0 Å². The predicted octanol–water partition coefficient (Wildman–Crippen LogP) is 2.20. The highest BCUT2D eigenvalue weighted by Crippen LogP contribution is 2.39. The van der Waals surface area contributed by atoms with Crippen LogP contribution in [0.5, 0.6) is 11.5 Å². The Morgan fingerprint density at radius 1 is 1.00 bits per heavy atom. The van der Waals surface area contributed by atoms with Crippen molar-refractivity contribution in [3.8, 4) is 22.6 Å². The van der Waals surface area contributed by atoms with Gasteiger partial charge < -0.3 is 20.0 Å². The van der Waals surface area contributed by atoms with Crippen molar-refractivity contribution in [3.05, 3.63) is 69.4 Å². The Bertz CT molecular complexity index is 1000. The van der Waals surface area contributed by atoms with Gasteiger partial charge in [-0.25, -0.2) is 4.79 Å². The molecular formula is C18H17N3O5. The van der Waals surface area contributed by atoms with E-state index in [1.54, 1.807) is 20.3 Å². The Morgan fingerprint density at radius 2 is 1.65 bits per heavy atom. The number of benzene rings is 2. The van der Waals surface area contributed by atoms with E-state index in [9.17, 15) is 14.8 Å². The Kier molecular flexibility index (Phi) is 4.66. The number of ether oxygens (including phenoxy) is 2. The average molecular weight is 355 g/mol. The van der Waals surface area contributed by atoms with Crippen LogP contribution in [0.3, 0.4) is 0 Å². The first-order chi connectivity index (χ1) is 12.5. The number of rotatable bonds is 5. The van der Waals surface area contributed by atoms with Gasteiger partial charge >= 0.3 is 5.69 Å². The molecule has 1 aromatic heterocycles. The van der Waals surface area contributed by atoms with E-state index in [0.29, 0.717) is 17.2 Å². The van der Waals surface area contributed by atoms with Crippen LogP contribution in [0.15, 0.2) is 58.1 Å². The van der Waals surface area contributed by atoms with E-state index in [1.165, 1.54) is 0 Å². The summed E-state index contributed by atoms with van der Waals surface area (Å²) in [7, 11) is 3.16. The van der Waals surface area contributed by atoms with Crippen LogP contribution in [0.4, 0.5) is 11.5 Å². The van der Waals surface area contributed by atoms with Crippen LogP contribution in [-0.4, -0.2) is 29.1 Å². The first kappa shape index (κ1) is 17.2. The lowest BCUT2D eigenvalue weighted by Crippen LogP contribution is -2.33. The maximum atomic E-state index is 11.5. The maximum absolute atomic E-state index is 11.5. The molecule has 8 heteroatoms. The number of methoxy groups -OCH3 is 2. The van der Waals surface area contributed by atoms with Crippen LogP contribution in [0.25, 0.3) is 11.1 Å². The van der Waals surface area contributed by atoms with E-state index >= 15 is 0 Å². The number of nitrogens with one attached hydrogen (secondary N) is 2. The molecule has 26 heavy (non-hydrogen) atoms. The summed E-state index contributed by atoms with van der Waals surface area (Å²) in [5.41, 5.74) is 0.463. The fourth-order valence-corrected chi connectivity index (χ4v) is 2.60. The summed E-state index contributed by atoms with van der Waals surface area (Å²) in [6.07, 6.45) is 0. The minimum atomic E-state index is -0.928. The molecule has 3 rings (SSSR count). The molecule has 1 heterocycles. The van der Waals surface area contributed by atoms with Gasteiger partial charge in [-0.3, -0.25) is 9.78 Å². The van der Waals surface area contributed by atoms with Crippen LogP contribution < -0.4 is 26.0 Å². The Labute approximate surface area is 148 Å². The van der Waals surface area contributed by atoms with Crippen LogP contribution in [0.2, 0.25) is 0 Å². The second-order valence-corrected chi connectivity index (χ2v) is 5.38. The zero-order chi connectivity index (χ0) is 18.7. The van der Waals surface area contributed by atoms with Gasteiger partial charge in [0.2, 0.25) is 0 Å². The molecule has 8 nitrogen and oxygen atoms in total. The summed E-state index contributed by atoms with van der Waals surface area (Å²) in [4.78, 5) is 25.4. The summed E-state index contributed by atoms with van der Waals surface area (Å²) in [6, 6.07) is 13.9. The van der Waals surface area contributed by atoms with E-state index < -0.39 is 11.2 Å². The van der Waals surface area contributed by atoms with Gasteiger partial charge in [-0.05, 0) is 29.8 Å².